The van der Waals surface area contributed by atoms with Gasteiger partial charge in [-0.15, -0.1) is 11.8 Å². The molecule has 2 aromatic carbocycles. The van der Waals surface area contributed by atoms with Gasteiger partial charge >= 0.3 is 0 Å². The Morgan fingerprint density at radius 2 is 1.30 bits per heavy atom. The largest absolute Gasteiger partial charge is 0.248 e. The lowest BCUT2D eigenvalue weighted by atomic mass is 10.1. The zero-order chi connectivity index (χ0) is 16.1. The molecule has 23 heavy (non-hydrogen) atoms. The Labute approximate surface area is 146 Å². The normalized spacial score (nSPS) is 16.1. The van der Waals surface area contributed by atoms with Gasteiger partial charge in [0, 0.05) is 11.5 Å². The second-order valence-corrected chi connectivity index (χ2v) is 7.83. The molecular weight excluding hydrogens is 320 g/mol. The van der Waals surface area contributed by atoms with Gasteiger partial charge in [0.2, 0.25) is 0 Å². The summed E-state index contributed by atoms with van der Waals surface area (Å²) in [7, 11) is 0. The van der Waals surface area contributed by atoms with Gasteiger partial charge in [0.05, 0.1) is 0 Å². The number of benzene rings is 2. The molecule has 0 fully saturated rings. The van der Waals surface area contributed by atoms with Gasteiger partial charge in [-0.3, -0.25) is 0 Å². The number of hydrogen-bond donors (Lipinski definition) is 0. The maximum atomic E-state index is 4.78. The maximum Gasteiger partial charge on any atom is 0.185 e. The van der Waals surface area contributed by atoms with Gasteiger partial charge in [0.15, 0.2) is 5.17 Å². The third-order valence-corrected chi connectivity index (χ3v) is 5.79. The van der Waals surface area contributed by atoms with Crippen molar-refractivity contribution in [2.24, 2.45) is 9.98 Å². The highest BCUT2D eigenvalue weighted by Gasteiger charge is 2.31. The van der Waals surface area contributed by atoms with Crippen LogP contribution in [0.3, 0.4) is 0 Å². The van der Waals surface area contributed by atoms with E-state index in [4.69, 9.17) is 9.98 Å². The predicted molar refractivity (Wildman–Crippen MR) is 104 cm³/mol. The number of aliphatic imine (C=N–C) groups is 2. The molecular formula is C19H20N2S2. The molecule has 3 rings (SSSR count). The number of thioether (sulfide) groups is 2. The Balaban J connectivity index is 1.60. The summed E-state index contributed by atoms with van der Waals surface area (Å²) in [5.41, 5.74) is 2.42. The first-order valence-corrected chi connectivity index (χ1v) is 9.63. The Morgan fingerprint density at radius 3 is 1.87 bits per heavy atom. The van der Waals surface area contributed by atoms with Crippen LogP contribution in [0.5, 0.6) is 0 Å². The van der Waals surface area contributed by atoms with Gasteiger partial charge in [-0.25, -0.2) is 9.98 Å². The van der Waals surface area contributed by atoms with Gasteiger partial charge in [0.25, 0.3) is 0 Å². The summed E-state index contributed by atoms with van der Waals surface area (Å²) < 4.78 is 0. The summed E-state index contributed by atoms with van der Waals surface area (Å²) >= 11 is 3.51. The Kier molecular flexibility index (Phi) is 5.23. The minimum absolute atomic E-state index is 0.210. The number of amidine groups is 1. The van der Waals surface area contributed by atoms with E-state index in [-0.39, 0.29) is 5.54 Å². The molecule has 0 saturated heterocycles. The van der Waals surface area contributed by atoms with Crippen molar-refractivity contribution in [1.29, 1.82) is 0 Å². The summed E-state index contributed by atoms with van der Waals surface area (Å²) in [6.07, 6.45) is 0. The van der Waals surface area contributed by atoms with Crippen molar-refractivity contribution in [2.45, 2.75) is 30.9 Å². The Bertz CT molecular complexity index is 707. The zero-order valence-corrected chi connectivity index (χ0v) is 15.0. The van der Waals surface area contributed by atoms with Gasteiger partial charge in [0.1, 0.15) is 10.6 Å². The lowest BCUT2D eigenvalue weighted by Crippen LogP contribution is -2.23. The van der Waals surface area contributed by atoms with Crippen molar-refractivity contribution in [3.8, 4) is 0 Å². The van der Waals surface area contributed by atoms with Crippen LogP contribution in [-0.4, -0.2) is 15.8 Å². The van der Waals surface area contributed by atoms with Crippen molar-refractivity contribution in [1.82, 2.24) is 0 Å². The van der Waals surface area contributed by atoms with E-state index in [0.717, 1.165) is 21.7 Å². The predicted octanol–water partition coefficient (Wildman–Crippen LogP) is 5.40. The van der Waals surface area contributed by atoms with E-state index >= 15 is 0 Å². The molecule has 118 valence electrons. The zero-order valence-electron chi connectivity index (χ0n) is 13.4. The highest BCUT2D eigenvalue weighted by atomic mass is 32.2. The summed E-state index contributed by atoms with van der Waals surface area (Å²) in [5.74, 6) is 1.85. The first kappa shape index (κ1) is 16.3. The molecule has 0 spiro atoms. The van der Waals surface area contributed by atoms with Crippen LogP contribution in [0.4, 0.5) is 0 Å². The fraction of sp³-hybridized carbons (Fsp3) is 0.263. The van der Waals surface area contributed by atoms with Gasteiger partial charge in [-0.1, -0.05) is 72.4 Å². The van der Waals surface area contributed by atoms with Crippen LogP contribution >= 0.6 is 23.5 Å². The number of nitrogens with zero attached hydrogens (tertiary/aromatic N) is 2. The summed E-state index contributed by atoms with van der Waals surface area (Å²) in [6.45, 7) is 4.28. The molecule has 0 bridgehead atoms. The van der Waals surface area contributed by atoms with Crippen LogP contribution in [0.2, 0.25) is 0 Å². The monoisotopic (exact) mass is 340 g/mol. The molecule has 1 heterocycles. The minimum atomic E-state index is -0.210. The second-order valence-electron chi connectivity index (χ2n) is 5.92. The highest BCUT2D eigenvalue weighted by Crippen LogP contribution is 2.32. The second kappa shape index (κ2) is 7.37. The van der Waals surface area contributed by atoms with Crippen molar-refractivity contribution in [2.75, 3.05) is 0 Å². The molecule has 0 amide bonds. The molecule has 0 unspecified atom stereocenters. The Hall–Kier alpha value is -1.52. The average molecular weight is 341 g/mol. The number of hydrogen-bond acceptors (Lipinski definition) is 4. The van der Waals surface area contributed by atoms with Crippen molar-refractivity contribution in [3.05, 3.63) is 71.8 Å². The van der Waals surface area contributed by atoms with Gasteiger partial charge in [-0.05, 0) is 25.0 Å². The topological polar surface area (TPSA) is 24.7 Å². The van der Waals surface area contributed by atoms with Crippen LogP contribution in [-0.2, 0) is 11.5 Å². The third-order valence-electron chi connectivity index (χ3n) is 3.52. The molecule has 0 N–H and O–H groups in total. The fourth-order valence-corrected chi connectivity index (χ4v) is 4.30. The minimum Gasteiger partial charge on any atom is -0.248 e. The summed E-state index contributed by atoms with van der Waals surface area (Å²) in [5, 5.41) is 2.01. The molecule has 2 aromatic rings. The van der Waals surface area contributed by atoms with E-state index < -0.39 is 0 Å². The van der Waals surface area contributed by atoms with Crippen LogP contribution in [0.25, 0.3) is 0 Å². The van der Waals surface area contributed by atoms with E-state index in [1.54, 1.807) is 23.5 Å². The van der Waals surface area contributed by atoms with Gasteiger partial charge < -0.3 is 0 Å². The fourth-order valence-electron chi connectivity index (χ4n) is 2.26. The van der Waals surface area contributed by atoms with Crippen molar-refractivity contribution < 1.29 is 0 Å². The Morgan fingerprint density at radius 1 is 0.783 bits per heavy atom. The standard InChI is InChI=1S/C19H20N2S2/c1-19(2)17(22-13-15-9-5-3-6-10-15)20-18(21-19)23-14-16-11-7-4-8-12-16/h3-12H,13-14H2,1-2H3. The molecule has 0 aromatic heterocycles. The molecule has 1 aliphatic heterocycles. The van der Waals surface area contributed by atoms with Crippen LogP contribution < -0.4 is 0 Å². The van der Waals surface area contributed by atoms with E-state index in [0.29, 0.717) is 0 Å². The molecule has 0 radical (unpaired) electrons. The van der Waals surface area contributed by atoms with Crippen LogP contribution in [0.1, 0.15) is 25.0 Å². The van der Waals surface area contributed by atoms with Crippen LogP contribution in [0, 0.1) is 0 Å². The molecule has 0 atom stereocenters. The van der Waals surface area contributed by atoms with E-state index in [1.165, 1.54) is 11.1 Å². The van der Waals surface area contributed by atoms with Crippen molar-refractivity contribution >= 4 is 33.7 Å². The van der Waals surface area contributed by atoms with E-state index in [2.05, 4.69) is 62.4 Å². The molecule has 1 aliphatic rings. The van der Waals surface area contributed by atoms with E-state index in [9.17, 15) is 0 Å². The van der Waals surface area contributed by atoms with Crippen molar-refractivity contribution in [3.63, 3.8) is 0 Å². The van der Waals surface area contributed by atoms with Crippen LogP contribution in [0.15, 0.2) is 70.6 Å². The van der Waals surface area contributed by atoms with Gasteiger partial charge in [-0.2, -0.15) is 0 Å². The quantitative estimate of drug-likeness (QED) is 0.744. The molecule has 0 saturated carbocycles. The number of rotatable bonds is 4. The summed E-state index contributed by atoms with van der Waals surface area (Å²) in [6, 6.07) is 21.0. The maximum absolute atomic E-state index is 4.78. The molecule has 0 aliphatic carbocycles. The first-order valence-electron chi connectivity index (χ1n) is 7.66. The molecule has 2 nitrogen and oxygen atoms in total. The lowest BCUT2D eigenvalue weighted by Gasteiger charge is -2.16. The first-order chi connectivity index (χ1) is 11.1. The summed E-state index contributed by atoms with van der Waals surface area (Å²) in [4.78, 5) is 9.55. The lowest BCUT2D eigenvalue weighted by molar-refractivity contribution is 0.728. The SMILES string of the molecule is CC1(C)N=C(SCc2ccccc2)N=C1SCc1ccccc1. The average Bonchev–Trinajstić information content (AvgIpc) is 2.87. The smallest absolute Gasteiger partial charge is 0.185 e. The van der Waals surface area contributed by atoms with E-state index in [1.807, 2.05) is 12.1 Å². The third kappa shape index (κ3) is 4.49. The molecule has 4 heteroatoms. The highest BCUT2D eigenvalue weighted by molar-refractivity contribution is 8.15.